The molecule has 0 spiro atoms. The van der Waals surface area contributed by atoms with Crippen molar-refractivity contribution in [2.75, 3.05) is 6.54 Å². The molecule has 2 atom stereocenters. The Balaban J connectivity index is 2.40. The SMILES string of the molecule is CCCCCNC(C)C(O)c1ccc(F)cc1. The zero-order valence-electron chi connectivity index (χ0n) is 10.6. The van der Waals surface area contributed by atoms with Gasteiger partial charge in [-0.25, -0.2) is 4.39 Å². The van der Waals surface area contributed by atoms with Crippen LogP contribution in [-0.4, -0.2) is 17.7 Å². The first-order chi connectivity index (χ1) is 8.15. The summed E-state index contributed by atoms with van der Waals surface area (Å²) in [6, 6.07) is 6.00. The lowest BCUT2D eigenvalue weighted by Gasteiger charge is -2.20. The summed E-state index contributed by atoms with van der Waals surface area (Å²) in [5, 5.41) is 13.3. The molecule has 2 N–H and O–H groups in total. The van der Waals surface area contributed by atoms with Crippen LogP contribution in [0.25, 0.3) is 0 Å². The van der Waals surface area contributed by atoms with Crippen LogP contribution in [0.4, 0.5) is 4.39 Å². The number of aliphatic hydroxyl groups is 1. The third kappa shape index (κ3) is 4.84. The van der Waals surface area contributed by atoms with E-state index < -0.39 is 6.10 Å². The van der Waals surface area contributed by atoms with Gasteiger partial charge in [-0.3, -0.25) is 0 Å². The first kappa shape index (κ1) is 14.1. The Morgan fingerprint density at radius 3 is 2.47 bits per heavy atom. The summed E-state index contributed by atoms with van der Waals surface area (Å²) >= 11 is 0. The molecule has 1 rings (SSSR count). The molecule has 0 aliphatic carbocycles. The molecule has 1 aromatic carbocycles. The van der Waals surface area contributed by atoms with Crippen LogP contribution in [0.3, 0.4) is 0 Å². The summed E-state index contributed by atoms with van der Waals surface area (Å²) in [6.45, 7) is 5.02. The Labute approximate surface area is 103 Å². The van der Waals surface area contributed by atoms with Crippen LogP contribution in [0.15, 0.2) is 24.3 Å². The van der Waals surface area contributed by atoms with E-state index in [9.17, 15) is 9.50 Å². The smallest absolute Gasteiger partial charge is 0.123 e. The minimum atomic E-state index is -0.586. The molecule has 0 fully saturated rings. The van der Waals surface area contributed by atoms with Gasteiger partial charge in [0.2, 0.25) is 0 Å². The Hall–Kier alpha value is -0.930. The zero-order valence-corrected chi connectivity index (χ0v) is 10.6. The van der Waals surface area contributed by atoms with E-state index in [4.69, 9.17) is 0 Å². The maximum atomic E-state index is 12.7. The lowest BCUT2D eigenvalue weighted by molar-refractivity contribution is 0.136. The number of aliphatic hydroxyl groups excluding tert-OH is 1. The minimum Gasteiger partial charge on any atom is -0.387 e. The van der Waals surface area contributed by atoms with Crippen molar-refractivity contribution in [2.45, 2.75) is 45.3 Å². The predicted molar refractivity (Wildman–Crippen MR) is 68.3 cm³/mol. The van der Waals surface area contributed by atoms with Crippen molar-refractivity contribution in [3.63, 3.8) is 0 Å². The van der Waals surface area contributed by atoms with Gasteiger partial charge in [0.15, 0.2) is 0 Å². The molecule has 0 aliphatic rings. The molecule has 96 valence electrons. The van der Waals surface area contributed by atoms with E-state index in [2.05, 4.69) is 12.2 Å². The average molecular weight is 239 g/mol. The van der Waals surface area contributed by atoms with Gasteiger partial charge >= 0.3 is 0 Å². The topological polar surface area (TPSA) is 32.3 Å². The average Bonchev–Trinajstić information content (AvgIpc) is 2.34. The zero-order chi connectivity index (χ0) is 12.7. The molecule has 0 amide bonds. The van der Waals surface area contributed by atoms with Crippen molar-refractivity contribution in [2.24, 2.45) is 0 Å². The fraction of sp³-hybridized carbons (Fsp3) is 0.571. The number of unbranched alkanes of at least 4 members (excludes halogenated alkanes) is 2. The van der Waals surface area contributed by atoms with Crippen LogP contribution in [0, 0.1) is 5.82 Å². The van der Waals surface area contributed by atoms with E-state index in [1.54, 1.807) is 12.1 Å². The van der Waals surface area contributed by atoms with E-state index in [1.165, 1.54) is 25.0 Å². The highest BCUT2D eigenvalue weighted by molar-refractivity contribution is 5.19. The van der Waals surface area contributed by atoms with Crippen molar-refractivity contribution in [1.29, 1.82) is 0 Å². The first-order valence-electron chi connectivity index (χ1n) is 6.32. The van der Waals surface area contributed by atoms with Gasteiger partial charge < -0.3 is 10.4 Å². The van der Waals surface area contributed by atoms with E-state index in [-0.39, 0.29) is 11.9 Å². The molecule has 2 nitrogen and oxygen atoms in total. The molecule has 0 aliphatic heterocycles. The van der Waals surface area contributed by atoms with E-state index in [1.807, 2.05) is 6.92 Å². The van der Waals surface area contributed by atoms with E-state index in [0.29, 0.717) is 0 Å². The van der Waals surface area contributed by atoms with Crippen molar-refractivity contribution < 1.29 is 9.50 Å². The van der Waals surface area contributed by atoms with Gasteiger partial charge in [0.1, 0.15) is 5.82 Å². The van der Waals surface area contributed by atoms with Gasteiger partial charge in [0, 0.05) is 6.04 Å². The molecule has 0 radical (unpaired) electrons. The highest BCUT2D eigenvalue weighted by atomic mass is 19.1. The van der Waals surface area contributed by atoms with Crippen LogP contribution >= 0.6 is 0 Å². The number of halogens is 1. The van der Waals surface area contributed by atoms with Gasteiger partial charge in [-0.2, -0.15) is 0 Å². The summed E-state index contributed by atoms with van der Waals surface area (Å²) in [5.74, 6) is -0.274. The molecule has 0 aromatic heterocycles. The Morgan fingerprint density at radius 1 is 1.24 bits per heavy atom. The van der Waals surface area contributed by atoms with E-state index >= 15 is 0 Å². The molecule has 0 heterocycles. The highest BCUT2D eigenvalue weighted by Gasteiger charge is 2.15. The summed E-state index contributed by atoms with van der Waals surface area (Å²) in [6.07, 6.45) is 2.93. The van der Waals surface area contributed by atoms with Crippen molar-refractivity contribution >= 4 is 0 Å². The van der Waals surface area contributed by atoms with Crippen LogP contribution in [0.5, 0.6) is 0 Å². The molecule has 1 aromatic rings. The molecule has 3 heteroatoms. The summed E-state index contributed by atoms with van der Waals surface area (Å²) in [5.41, 5.74) is 0.752. The maximum Gasteiger partial charge on any atom is 0.123 e. The van der Waals surface area contributed by atoms with Crippen molar-refractivity contribution in [3.8, 4) is 0 Å². The lowest BCUT2D eigenvalue weighted by Crippen LogP contribution is -2.32. The second-order valence-electron chi connectivity index (χ2n) is 4.45. The predicted octanol–water partition coefficient (Wildman–Crippen LogP) is 3.03. The second-order valence-corrected chi connectivity index (χ2v) is 4.45. The normalized spacial score (nSPS) is 14.6. The van der Waals surface area contributed by atoms with Gasteiger partial charge in [0.05, 0.1) is 6.10 Å². The fourth-order valence-corrected chi connectivity index (χ4v) is 1.76. The van der Waals surface area contributed by atoms with E-state index in [0.717, 1.165) is 18.5 Å². The highest BCUT2D eigenvalue weighted by Crippen LogP contribution is 2.17. The van der Waals surface area contributed by atoms with Crippen LogP contribution in [0.2, 0.25) is 0 Å². The molecule has 17 heavy (non-hydrogen) atoms. The number of benzene rings is 1. The third-order valence-electron chi connectivity index (χ3n) is 2.93. The van der Waals surface area contributed by atoms with Crippen molar-refractivity contribution in [1.82, 2.24) is 5.32 Å². The number of rotatable bonds is 7. The quantitative estimate of drug-likeness (QED) is 0.717. The van der Waals surface area contributed by atoms with Gasteiger partial charge in [-0.15, -0.1) is 0 Å². The van der Waals surface area contributed by atoms with Crippen LogP contribution in [0.1, 0.15) is 44.8 Å². The maximum absolute atomic E-state index is 12.7. The van der Waals surface area contributed by atoms with Crippen LogP contribution < -0.4 is 5.32 Å². The molecule has 0 saturated carbocycles. The van der Waals surface area contributed by atoms with Gasteiger partial charge in [0.25, 0.3) is 0 Å². The van der Waals surface area contributed by atoms with Crippen molar-refractivity contribution in [3.05, 3.63) is 35.6 Å². The summed E-state index contributed by atoms with van der Waals surface area (Å²) in [7, 11) is 0. The number of hydrogen-bond acceptors (Lipinski definition) is 2. The second kappa shape index (κ2) is 7.41. The third-order valence-corrected chi connectivity index (χ3v) is 2.93. The fourth-order valence-electron chi connectivity index (χ4n) is 1.76. The summed E-state index contributed by atoms with van der Waals surface area (Å²) < 4.78 is 12.7. The molecular weight excluding hydrogens is 217 g/mol. The summed E-state index contributed by atoms with van der Waals surface area (Å²) in [4.78, 5) is 0. The monoisotopic (exact) mass is 239 g/mol. The van der Waals surface area contributed by atoms with Gasteiger partial charge in [-0.05, 0) is 37.6 Å². The molecular formula is C14H22FNO. The van der Waals surface area contributed by atoms with Gasteiger partial charge in [-0.1, -0.05) is 31.9 Å². The largest absolute Gasteiger partial charge is 0.387 e. The molecule has 0 bridgehead atoms. The number of nitrogens with one attached hydrogen (secondary N) is 1. The minimum absolute atomic E-state index is 0.0164. The first-order valence-corrected chi connectivity index (χ1v) is 6.32. The Bertz CT molecular complexity index is 313. The lowest BCUT2D eigenvalue weighted by atomic mass is 10.0. The van der Waals surface area contributed by atoms with Crippen LogP contribution in [-0.2, 0) is 0 Å². The Kier molecular flexibility index (Phi) is 6.16. The number of hydrogen-bond donors (Lipinski definition) is 2. The Morgan fingerprint density at radius 2 is 1.88 bits per heavy atom. The molecule has 2 unspecified atom stereocenters. The standard InChI is InChI=1S/C14H22FNO/c1-3-4-5-10-16-11(2)14(17)12-6-8-13(15)9-7-12/h6-9,11,14,16-17H,3-5,10H2,1-2H3. The molecule has 0 saturated heterocycles.